The monoisotopic (exact) mass is 459 g/mol. The third-order valence-electron chi connectivity index (χ3n) is 5.24. The number of hydrogen-bond donors (Lipinski definition) is 4. The number of phosphoric ester groups is 1. The Kier molecular flexibility index (Phi) is 5.73. The molecule has 0 spiro atoms. The molecular weight excluding hydrogens is 433 g/mol. The number of rotatable bonds is 6. The Morgan fingerprint density at radius 3 is 2.67 bits per heavy atom. The molecule has 166 valence electrons. The zero-order valence-electron chi connectivity index (χ0n) is 17.3. The number of nitrogens with two attached hydrogens (primary N) is 1. The molecule has 14 heteroatoms. The lowest BCUT2D eigenvalue weighted by Crippen LogP contribution is -2.45. The number of phosphoric acid groups is 1. The van der Waals surface area contributed by atoms with Crippen LogP contribution in [0.25, 0.3) is 11.2 Å². The molecule has 2 aromatic heterocycles. The van der Waals surface area contributed by atoms with Gasteiger partial charge >= 0.3 is 7.82 Å². The van der Waals surface area contributed by atoms with E-state index in [-0.39, 0.29) is 27.9 Å². The maximum Gasteiger partial charge on any atom is 0.470 e. The molecule has 3 heterocycles. The highest BCUT2D eigenvalue weighted by molar-refractivity contribution is 7.46. The highest BCUT2D eigenvalue weighted by Crippen LogP contribution is 2.42. The molecule has 5 N–H and O–H groups in total. The fourth-order valence-electron chi connectivity index (χ4n) is 2.71. The van der Waals surface area contributed by atoms with Crippen LogP contribution in [0.4, 0.5) is 5.95 Å². The third-order valence-corrected chi connectivity index (χ3v) is 10.2. The number of nitrogens with zero attached hydrogens (tertiary/aromatic N) is 3. The van der Waals surface area contributed by atoms with Crippen molar-refractivity contribution in [2.75, 3.05) is 12.3 Å². The van der Waals surface area contributed by atoms with Crippen LogP contribution in [-0.4, -0.2) is 50.3 Å². The lowest BCUT2D eigenvalue weighted by atomic mass is 10.2. The second-order valence-corrected chi connectivity index (χ2v) is 14.5. The van der Waals surface area contributed by atoms with Crippen molar-refractivity contribution in [3.8, 4) is 0 Å². The molecule has 0 amide bonds. The van der Waals surface area contributed by atoms with Gasteiger partial charge < -0.3 is 24.7 Å². The summed E-state index contributed by atoms with van der Waals surface area (Å²) in [4.78, 5) is 40.7. The highest BCUT2D eigenvalue weighted by Gasteiger charge is 2.43. The van der Waals surface area contributed by atoms with Gasteiger partial charge in [0.15, 0.2) is 19.5 Å². The fourth-order valence-corrected chi connectivity index (χ4v) is 4.22. The molecule has 12 nitrogen and oxygen atoms in total. The third kappa shape index (κ3) is 4.66. The first-order valence-electron chi connectivity index (χ1n) is 9.15. The van der Waals surface area contributed by atoms with Crippen LogP contribution in [0.15, 0.2) is 23.0 Å². The Morgan fingerprint density at radius 1 is 1.40 bits per heavy atom. The molecule has 0 bridgehead atoms. The smallest absolute Gasteiger partial charge is 0.469 e. The van der Waals surface area contributed by atoms with Gasteiger partial charge in [-0.2, -0.15) is 4.98 Å². The van der Waals surface area contributed by atoms with E-state index in [1.54, 1.807) is 6.08 Å². The van der Waals surface area contributed by atoms with Crippen LogP contribution in [0, 0.1) is 0 Å². The van der Waals surface area contributed by atoms with E-state index in [2.05, 4.69) is 53.3 Å². The van der Waals surface area contributed by atoms with E-state index in [4.69, 9.17) is 24.7 Å². The van der Waals surface area contributed by atoms with Crippen LogP contribution >= 0.6 is 7.82 Å². The maximum absolute atomic E-state index is 12.1. The summed E-state index contributed by atoms with van der Waals surface area (Å²) >= 11 is 0. The summed E-state index contributed by atoms with van der Waals surface area (Å²) in [5.41, 5.74) is 5.47. The van der Waals surface area contributed by atoms with Gasteiger partial charge in [-0.05, 0) is 24.2 Å². The molecule has 0 saturated heterocycles. The summed E-state index contributed by atoms with van der Waals surface area (Å²) in [7, 11) is -6.95. The minimum absolute atomic E-state index is 0.0767. The molecule has 1 aliphatic rings. The van der Waals surface area contributed by atoms with Gasteiger partial charge in [0.1, 0.15) is 24.8 Å². The summed E-state index contributed by atoms with van der Waals surface area (Å²) in [6.07, 6.45) is 1.57. The Balaban J connectivity index is 1.99. The van der Waals surface area contributed by atoms with Crippen molar-refractivity contribution in [2.24, 2.45) is 0 Å². The van der Waals surface area contributed by atoms with Crippen molar-refractivity contribution < 1.29 is 28.0 Å². The van der Waals surface area contributed by atoms with Crippen LogP contribution < -0.4 is 11.3 Å². The number of ether oxygens (including phenoxy) is 1. The predicted octanol–water partition coefficient (Wildman–Crippen LogP) is 1.61. The summed E-state index contributed by atoms with van der Waals surface area (Å²) in [6.45, 7) is 9.94. The zero-order valence-corrected chi connectivity index (χ0v) is 19.2. The van der Waals surface area contributed by atoms with Crippen LogP contribution in [0.3, 0.4) is 0 Å². The van der Waals surface area contributed by atoms with Crippen LogP contribution in [-0.2, 0) is 18.3 Å². The normalized spacial score (nSPS) is 20.4. The largest absolute Gasteiger partial charge is 0.470 e. The number of fused-ring (bicyclic) bond motifs is 1. The molecule has 3 rings (SSSR count). The number of imidazole rings is 1. The zero-order chi connectivity index (χ0) is 22.5. The van der Waals surface area contributed by atoms with Gasteiger partial charge in [0.25, 0.3) is 5.56 Å². The van der Waals surface area contributed by atoms with Gasteiger partial charge in [0, 0.05) is 0 Å². The second kappa shape index (κ2) is 7.59. The van der Waals surface area contributed by atoms with Gasteiger partial charge in [0.2, 0.25) is 12.2 Å². The summed E-state index contributed by atoms with van der Waals surface area (Å²) in [5.74, 6) is 0.110. The van der Waals surface area contributed by atoms with Crippen LogP contribution in [0.5, 0.6) is 0 Å². The van der Waals surface area contributed by atoms with Gasteiger partial charge in [-0.25, -0.2) is 9.55 Å². The molecule has 0 fully saturated rings. The number of anilines is 1. The predicted molar refractivity (Wildman–Crippen MR) is 111 cm³/mol. The molecule has 2 aromatic rings. The standard InChI is InChI=1S/C16H26N5O7PSi/c1-16(2,3)30(4,5)28-10-6-9(7-26-29(23,24)25)27-14(10)21-8-18-11-12(21)19-15(17)20-13(11)22/h6,8,10,14H,7H2,1-5H3,(H2,23,24,25)(H3,17,19,20,22). The number of nitrogen functional groups attached to an aromatic ring is 1. The molecule has 30 heavy (non-hydrogen) atoms. The van der Waals surface area contributed by atoms with Crippen molar-refractivity contribution in [3.63, 3.8) is 0 Å². The van der Waals surface area contributed by atoms with Crippen LogP contribution in [0.1, 0.15) is 27.0 Å². The first kappa shape index (κ1) is 22.7. The first-order chi connectivity index (χ1) is 13.7. The number of nitrogens with one attached hydrogen (secondary N) is 1. The van der Waals surface area contributed by atoms with E-state index < -0.39 is 40.6 Å². The number of H-pyrrole nitrogens is 1. The number of aromatic amines is 1. The molecule has 0 aromatic carbocycles. The Bertz CT molecular complexity index is 1080. The van der Waals surface area contributed by atoms with E-state index in [1.807, 2.05) is 0 Å². The average molecular weight is 459 g/mol. The van der Waals surface area contributed by atoms with E-state index in [9.17, 15) is 9.36 Å². The number of aromatic nitrogens is 4. The molecule has 2 atom stereocenters. The van der Waals surface area contributed by atoms with Gasteiger partial charge in [-0.3, -0.25) is 18.9 Å². The fraction of sp³-hybridized carbons (Fsp3) is 0.562. The molecule has 0 aliphatic carbocycles. The minimum atomic E-state index is -4.68. The first-order valence-corrected chi connectivity index (χ1v) is 13.6. The highest BCUT2D eigenvalue weighted by atomic mass is 31.2. The minimum Gasteiger partial charge on any atom is -0.469 e. The van der Waals surface area contributed by atoms with Crippen molar-refractivity contribution >= 4 is 33.3 Å². The Hall–Kier alpha value is -2.02. The molecule has 0 radical (unpaired) electrons. The lowest BCUT2D eigenvalue weighted by molar-refractivity contribution is -0.000144. The average Bonchev–Trinajstić information content (AvgIpc) is 3.14. The van der Waals surface area contributed by atoms with E-state index in [1.165, 1.54) is 10.9 Å². The maximum atomic E-state index is 12.1. The summed E-state index contributed by atoms with van der Waals surface area (Å²) in [5, 5.41) is -0.104. The Morgan fingerprint density at radius 2 is 2.07 bits per heavy atom. The van der Waals surface area contributed by atoms with E-state index >= 15 is 0 Å². The number of hydrogen-bond acceptors (Lipinski definition) is 8. The SMILES string of the molecule is CC(C)(C)[Si](C)(C)OC1C=C(COP(=O)(O)O)OC1n1cnc2c(=O)[nH]c(N)nc21. The molecule has 0 saturated carbocycles. The lowest BCUT2D eigenvalue weighted by Gasteiger charge is -2.39. The summed E-state index contributed by atoms with van der Waals surface area (Å²) < 4.78 is 29.5. The van der Waals surface area contributed by atoms with E-state index in [0.717, 1.165) is 0 Å². The summed E-state index contributed by atoms with van der Waals surface area (Å²) in [6, 6.07) is 0. The van der Waals surface area contributed by atoms with E-state index in [0.29, 0.717) is 0 Å². The molecule has 1 aliphatic heterocycles. The van der Waals surface area contributed by atoms with Gasteiger partial charge in [-0.1, -0.05) is 20.8 Å². The van der Waals surface area contributed by atoms with Crippen LogP contribution in [0.2, 0.25) is 18.1 Å². The second-order valence-electron chi connectivity index (χ2n) is 8.52. The Labute approximate surface area is 173 Å². The van der Waals surface area contributed by atoms with Crippen molar-refractivity contribution in [1.29, 1.82) is 0 Å². The van der Waals surface area contributed by atoms with Crippen molar-refractivity contribution in [2.45, 2.75) is 51.2 Å². The quantitative estimate of drug-likeness (QED) is 0.367. The van der Waals surface area contributed by atoms with Crippen molar-refractivity contribution in [1.82, 2.24) is 19.5 Å². The van der Waals surface area contributed by atoms with Crippen molar-refractivity contribution in [3.05, 3.63) is 28.5 Å². The molecular formula is C16H26N5O7PSi. The van der Waals surface area contributed by atoms with Gasteiger partial charge in [-0.15, -0.1) is 0 Å². The molecule has 2 unspecified atom stereocenters. The van der Waals surface area contributed by atoms with Gasteiger partial charge in [0.05, 0.1) is 0 Å². The topological polar surface area (TPSA) is 175 Å².